The maximum Gasteiger partial charge on any atom is 0.333 e. The van der Waals surface area contributed by atoms with E-state index in [-0.39, 0.29) is 5.82 Å². The highest BCUT2D eigenvalue weighted by Gasteiger charge is 2.36. The van der Waals surface area contributed by atoms with Crippen molar-refractivity contribution in [2.75, 3.05) is 5.32 Å². The molecule has 3 N–H and O–H groups in total. The van der Waals surface area contributed by atoms with Crippen LogP contribution in [0, 0.1) is 0 Å². The van der Waals surface area contributed by atoms with E-state index in [9.17, 15) is 14.7 Å². The van der Waals surface area contributed by atoms with Crippen LogP contribution in [-0.2, 0) is 10.3 Å². The number of hydrogen-bond donors (Lipinski definition) is 3. The zero-order chi connectivity index (χ0) is 13.9. The molecule has 0 spiro atoms. The lowest BCUT2D eigenvalue weighted by Gasteiger charge is -2.26. The van der Waals surface area contributed by atoms with Crippen molar-refractivity contribution in [3.63, 3.8) is 0 Å². The molecule has 0 saturated heterocycles. The Labute approximate surface area is 109 Å². The molecule has 0 aliphatic rings. The molecular formula is C13H13N3O3. The van der Waals surface area contributed by atoms with E-state index in [0.717, 1.165) is 0 Å². The number of carbonyl (C=O) groups is 1. The fourth-order valence-electron chi connectivity index (χ4n) is 1.70. The summed E-state index contributed by atoms with van der Waals surface area (Å²) in [7, 11) is 0. The van der Waals surface area contributed by atoms with Crippen molar-refractivity contribution in [2.45, 2.75) is 12.5 Å². The van der Waals surface area contributed by atoms with Crippen LogP contribution in [0.4, 0.5) is 5.82 Å². The first kappa shape index (κ1) is 12.8. The van der Waals surface area contributed by atoms with Gasteiger partial charge in [-0.2, -0.15) is 0 Å². The fourth-order valence-corrected chi connectivity index (χ4v) is 1.70. The van der Waals surface area contributed by atoms with Crippen LogP contribution in [0.1, 0.15) is 12.5 Å². The largest absolute Gasteiger partial charge is 0.479 e. The first-order chi connectivity index (χ1) is 9.04. The molecule has 1 aromatic carbocycles. The van der Waals surface area contributed by atoms with Crippen molar-refractivity contribution in [1.29, 1.82) is 0 Å². The summed E-state index contributed by atoms with van der Waals surface area (Å²) in [4.78, 5) is 29.4. The maximum absolute atomic E-state index is 11.6. The quantitative estimate of drug-likeness (QED) is 0.766. The van der Waals surface area contributed by atoms with Crippen LogP contribution in [0.3, 0.4) is 0 Å². The summed E-state index contributed by atoms with van der Waals surface area (Å²) < 4.78 is 0. The predicted octanol–water partition coefficient (Wildman–Crippen LogP) is 1.18. The van der Waals surface area contributed by atoms with Gasteiger partial charge in [-0.05, 0) is 12.5 Å². The molecule has 0 amide bonds. The molecule has 1 aromatic heterocycles. The molecular weight excluding hydrogens is 246 g/mol. The Balaban J connectivity index is 2.45. The van der Waals surface area contributed by atoms with Gasteiger partial charge >= 0.3 is 5.97 Å². The standard InChI is InChI=1S/C13H13N3O3/c1-13(12(18)19,9-5-3-2-4-6-9)16-10-11(17)15-8-7-14-10/h2-8H,1H3,(H,14,16)(H,15,17)(H,18,19). The van der Waals surface area contributed by atoms with E-state index in [1.165, 1.54) is 19.3 Å². The average molecular weight is 259 g/mol. The summed E-state index contributed by atoms with van der Waals surface area (Å²) in [6.07, 6.45) is 2.77. The maximum atomic E-state index is 11.6. The van der Waals surface area contributed by atoms with Crippen molar-refractivity contribution in [1.82, 2.24) is 9.97 Å². The third-order valence-corrected chi connectivity index (χ3v) is 2.85. The highest BCUT2D eigenvalue weighted by atomic mass is 16.4. The van der Waals surface area contributed by atoms with E-state index in [1.807, 2.05) is 0 Å². The van der Waals surface area contributed by atoms with Crippen LogP contribution in [0.5, 0.6) is 0 Å². The van der Waals surface area contributed by atoms with Crippen molar-refractivity contribution < 1.29 is 9.90 Å². The Morgan fingerprint density at radius 2 is 2.05 bits per heavy atom. The highest BCUT2D eigenvalue weighted by molar-refractivity contribution is 5.83. The van der Waals surface area contributed by atoms with Gasteiger partial charge in [-0.1, -0.05) is 30.3 Å². The average Bonchev–Trinajstić information content (AvgIpc) is 2.42. The van der Waals surface area contributed by atoms with Crippen LogP contribution < -0.4 is 10.9 Å². The van der Waals surface area contributed by atoms with Gasteiger partial charge in [0.1, 0.15) is 0 Å². The van der Waals surface area contributed by atoms with E-state index < -0.39 is 17.1 Å². The second-order valence-electron chi connectivity index (χ2n) is 4.19. The van der Waals surface area contributed by atoms with Gasteiger partial charge in [0.25, 0.3) is 5.56 Å². The van der Waals surface area contributed by atoms with Gasteiger partial charge in [0.15, 0.2) is 11.4 Å². The van der Waals surface area contributed by atoms with Crippen LogP contribution in [0.2, 0.25) is 0 Å². The molecule has 1 unspecified atom stereocenters. The molecule has 2 rings (SSSR count). The molecule has 98 valence electrons. The van der Waals surface area contributed by atoms with Crippen molar-refractivity contribution in [3.05, 3.63) is 58.6 Å². The summed E-state index contributed by atoms with van der Waals surface area (Å²) >= 11 is 0. The minimum Gasteiger partial charge on any atom is -0.479 e. The molecule has 0 saturated carbocycles. The number of hydrogen-bond acceptors (Lipinski definition) is 4. The monoisotopic (exact) mass is 259 g/mol. The highest BCUT2D eigenvalue weighted by Crippen LogP contribution is 2.24. The van der Waals surface area contributed by atoms with Gasteiger partial charge in [0, 0.05) is 12.4 Å². The molecule has 6 nitrogen and oxygen atoms in total. The first-order valence-corrected chi connectivity index (χ1v) is 5.65. The Kier molecular flexibility index (Phi) is 3.33. The summed E-state index contributed by atoms with van der Waals surface area (Å²) in [5.41, 5.74) is -1.36. The van der Waals surface area contributed by atoms with Crippen LogP contribution >= 0.6 is 0 Å². The van der Waals surface area contributed by atoms with Crippen molar-refractivity contribution in [3.8, 4) is 0 Å². The van der Waals surface area contributed by atoms with E-state index in [1.54, 1.807) is 30.3 Å². The lowest BCUT2D eigenvalue weighted by molar-refractivity contribution is -0.142. The molecule has 0 radical (unpaired) electrons. The third kappa shape index (κ3) is 2.47. The number of aromatic nitrogens is 2. The number of anilines is 1. The normalized spacial score (nSPS) is 13.5. The molecule has 0 aliphatic heterocycles. The fraction of sp³-hybridized carbons (Fsp3) is 0.154. The number of nitrogens with zero attached hydrogens (tertiary/aromatic N) is 1. The summed E-state index contributed by atoms with van der Waals surface area (Å²) in [6.45, 7) is 1.48. The Bertz CT molecular complexity index is 639. The van der Waals surface area contributed by atoms with Crippen molar-refractivity contribution >= 4 is 11.8 Å². The number of aliphatic carboxylic acids is 1. The number of carboxylic acid groups (broad SMARTS) is 1. The molecule has 0 bridgehead atoms. The summed E-state index contributed by atoms with van der Waals surface area (Å²) in [6, 6.07) is 8.62. The SMILES string of the molecule is CC(Nc1ncc[nH]c1=O)(C(=O)O)c1ccccc1. The number of carboxylic acids is 1. The number of benzene rings is 1. The van der Waals surface area contributed by atoms with Gasteiger partial charge in [0.2, 0.25) is 0 Å². The molecule has 19 heavy (non-hydrogen) atoms. The van der Waals surface area contributed by atoms with E-state index in [4.69, 9.17) is 0 Å². The Morgan fingerprint density at radius 3 is 2.63 bits per heavy atom. The van der Waals surface area contributed by atoms with Crippen LogP contribution in [0.15, 0.2) is 47.5 Å². The Hall–Kier alpha value is -2.63. The van der Waals surface area contributed by atoms with Crippen molar-refractivity contribution in [2.24, 2.45) is 0 Å². The van der Waals surface area contributed by atoms with Gasteiger partial charge < -0.3 is 15.4 Å². The molecule has 0 aliphatic carbocycles. The molecule has 0 fully saturated rings. The van der Waals surface area contributed by atoms with Crippen LogP contribution in [-0.4, -0.2) is 21.0 Å². The second kappa shape index (κ2) is 4.93. The number of nitrogens with one attached hydrogen (secondary N) is 2. The number of rotatable bonds is 4. The molecule has 6 heteroatoms. The molecule has 1 heterocycles. The van der Waals surface area contributed by atoms with Gasteiger partial charge in [-0.15, -0.1) is 0 Å². The third-order valence-electron chi connectivity index (χ3n) is 2.85. The predicted molar refractivity (Wildman–Crippen MR) is 69.9 cm³/mol. The minimum absolute atomic E-state index is 0.0312. The smallest absolute Gasteiger partial charge is 0.333 e. The summed E-state index contributed by atoms with van der Waals surface area (Å²) in [5, 5.41) is 12.1. The lowest BCUT2D eigenvalue weighted by Crippen LogP contribution is -2.42. The van der Waals surface area contributed by atoms with E-state index in [0.29, 0.717) is 5.56 Å². The second-order valence-corrected chi connectivity index (χ2v) is 4.19. The zero-order valence-electron chi connectivity index (χ0n) is 10.3. The first-order valence-electron chi connectivity index (χ1n) is 5.65. The van der Waals surface area contributed by atoms with Crippen LogP contribution in [0.25, 0.3) is 0 Å². The van der Waals surface area contributed by atoms with Gasteiger partial charge in [0.05, 0.1) is 0 Å². The summed E-state index contributed by atoms with van der Waals surface area (Å²) in [5.74, 6) is -1.12. The number of H-pyrrole nitrogens is 1. The zero-order valence-corrected chi connectivity index (χ0v) is 10.3. The Morgan fingerprint density at radius 1 is 1.37 bits per heavy atom. The van der Waals surface area contributed by atoms with E-state index in [2.05, 4.69) is 15.3 Å². The minimum atomic E-state index is -1.43. The van der Waals surface area contributed by atoms with Gasteiger partial charge in [-0.25, -0.2) is 9.78 Å². The van der Waals surface area contributed by atoms with E-state index >= 15 is 0 Å². The topological polar surface area (TPSA) is 95.1 Å². The molecule has 2 aromatic rings. The molecule has 1 atom stereocenters. The number of aromatic amines is 1. The van der Waals surface area contributed by atoms with Gasteiger partial charge in [-0.3, -0.25) is 4.79 Å². The lowest BCUT2D eigenvalue weighted by atomic mass is 9.92.